The van der Waals surface area contributed by atoms with E-state index in [9.17, 15) is 0 Å². The first-order chi connectivity index (χ1) is 10.8. The molecule has 5 atom stereocenters. The fraction of sp³-hybridized carbons (Fsp3) is 1.00. The van der Waals surface area contributed by atoms with Gasteiger partial charge in [0.1, 0.15) is 24.4 Å². The Hall–Kier alpha value is -0.240. The maximum atomic E-state index is 6.14. The summed E-state index contributed by atoms with van der Waals surface area (Å²) in [7, 11) is 0. The van der Waals surface area contributed by atoms with Crippen molar-refractivity contribution < 1.29 is 28.4 Å². The normalized spacial score (nSPS) is 41.3. The van der Waals surface area contributed by atoms with Crippen molar-refractivity contribution in [1.82, 2.24) is 0 Å². The highest BCUT2D eigenvalue weighted by molar-refractivity contribution is 4.98. The van der Waals surface area contributed by atoms with E-state index in [4.69, 9.17) is 28.4 Å². The molecule has 6 heteroatoms. The Balaban J connectivity index is 1.66. The van der Waals surface area contributed by atoms with E-state index in [0.29, 0.717) is 13.2 Å². The summed E-state index contributed by atoms with van der Waals surface area (Å²) in [5, 5.41) is 0. The molecule has 0 aromatic rings. The van der Waals surface area contributed by atoms with Gasteiger partial charge in [-0.15, -0.1) is 0 Å². The molecule has 3 rings (SSSR count). The van der Waals surface area contributed by atoms with Crippen LogP contribution in [-0.4, -0.2) is 55.5 Å². The third-order valence-corrected chi connectivity index (χ3v) is 4.48. The Morgan fingerprint density at radius 2 is 1.74 bits per heavy atom. The summed E-state index contributed by atoms with van der Waals surface area (Å²) < 4.78 is 35.7. The van der Waals surface area contributed by atoms with Crippen LogP contribution in [0.25, 0.3) is 0 Å². The lowest BCUT2D eigenvalue weighted by Gasteiger charge is -2.29. The summed E-state index contributed by atoms with van der Waals surface area (Å²) in [4.78, 5) is 0. The van der Waals surface area contributed by atoms with Gasteiger partial charge in [-0.1, -0.05) is 19.8 Å². The first kappa shape index (κ1) is 17.6. The van der Waals surface area contributed by atoms with E-state index in [-0.39, 0.29) is 24.4 Å². The van der Waals surface area contributed by atoms with Gasteiger partial charge < -0.3 is 28.4 Å². The zero-order valence-electron chi connectivity index (χ0n) is 14.9. The van der Waals surface area contributed by atoms with Gasteiger partial charge in [-0.25, -0.2) is 0 Å². The Morgan fingerprint density at radius 1 is 0.957 bits per heavy atom. The number of rotatable bonds is 6. The number of hydrogen-bond donors (Lipinski definition) is 0. The molecule has 0 aliphatic carbocycles. The van der Waals surface area contributed by atoms with Gasteiger partial charge in [-0.05, 0) is 34.1 Å². The molecule has 0 aromatic carbocycles. The van der Waals surface area contributed by atoms with Gasteiger partial charge in [-0.3, -0.25) is 0 Å². The zero-order chi connectivity index (χ0) is 16.7. The molecule has 0 aromatic heterocycles. The van der Waals surface area contributed by atoms with Gasteiger partial charge >= 0.3 is 0 Å². The molecular weight excluding hydrogens is 300 g/mol. The molecule has 0 N–H and O–H groups in total. The maximum Gasteiger partial charge on any atom is 0.190 e. The summed E-state index contributed by atoms with van der Waals surface area (Å²) in [6.45, 7) is 11.0. The molecule has 0 bridgehead atoms. The van der Waals surface area contributed by atoms with Crippen LogP contribution in [-0.2, 0) is 28.4 Å². The summed E-state index contributed by atoms with van der Waals surface area (Å²) in [5.74, 6) is -1.23. The molecule has 3 saturated heterocycles. The first-order valence-corrected chi connectivity index (χ1v) is 8.76. The van der Waals surface area contributed by atoms with Crippen LogP contribution in [0.15, 0.2) is 0 Å². The van der Waals surface area contributed by atoms with E-state index in [0.717, 1.165) is 12.8 Å². The second-order valence-corrected chi connectivity index (χ2v) is 7.48. The Kier molecular flexibility index (Phi) is 5.03. The molecular formula is C17H30O6. The lowest BCUT2D eigenvalue weighted by atomic mass is 10.1. The predicted molar refractivity (Wildman–Crippen MR) is 82.9 cm³/mol. The average Bonchev–Trinajstić information content (AvgIpc) is 3.05. The molecule has 0 spiro atoms. The van der Waals surface area contributed by atoms with Crippen molar-refractivity contribution in [3.63, 3.8) is 0 Å². The topological polar surface area (TPSA) is 55.4 Å². The van der Waals surface area contributed by atoms with Crippen LogP contribution in [0.4, 0.5) is 0 Å². The van der Waals surface area contributed by atoms with Crippen molar-refractivity contribution in [3.05, 3.63) is 0 Å². The van der Waals surface area contributed by atoms with E-state index in [2.05, 4.69) is 6.92 Å². The molecule has 3 aliphatic rings. The molecule has 6 nitrogen and oxygen atoms in total. The minimum atomic E-state index is -0.641. The SMILES string of the molecule is CCCCCO[C@@H]1[C@H]2OC(C)(C)O[C@@H]2O[C@@H]1[C@@H]1COC(C)(C)O1. The monoisotopic (exact) mass is 330 g/mol. The van der Waals surface area contributed by atoms with Crippen molar-refractivity contribution in [2.75, 3.05) is 13.2 Å². The second kappa shape index (κ2) is 6.58. The third-order valence-electron chi connectivity index (χ3n) is 4.48. The van der Waals surface area contributed by atoms with Crippen molar-refractivity contribution in [2.24, 2.45) is 0 Å². The molecule has 0 amide bonds. The second-order valence-electron chi connectivity index (χ2n) is 7.48. The van der Waals surface area contributed by atoms with Gasteiger partial charge in [0.25, 0.3) is 0 Å². The fourth-order valence-corrected chi connectivity index (χ4v) is 3.44. The number of ether oxygens (including phenoxy) is 6. The van der Waals surface area contributed by atoms with Crippen LogP contribution in [0.2, 0.25) is 0 Å². The highest BCUT2D eigenvalue weighted by Gasteiger charge is 2.58. The van der Waals surface area contributed by atoms with E-state index in [1.165, 1.54) is 6.42 Å². The van der Waals surface area contributed by atoms with Crippen molar-refractivity contribution in [3.8, 4) is 0 Å². The lowest BCUT2D eigenvalue weighted by Crippen LogP contribution is -2.44. The Bertz CT molecular complexity index is 410. The highest BCUT2D eigenvalue weighted by Crippen LogP contribution is 2.41. The van der Waals surface area contributed by atoms with E-state index in [1.54, 1.807) is 0 Å². The number of fused-ring (bicyclic) bond motifs is 1. The van der Waals surface area contributed by atoms with Gasteiger partial charge in [0.2, 0.25) is 0 Å². The summed E-state index contributed by atoms with van der Waals surface area (Å²) >= 11 is 0. The largest absolute Gasteiger partial charge is 0.372 e. The molecule has 3 fully saturated rings. The van der Waals surface area contributed by atoms with Gasteiger partial charge in [0.05, 0.1) is 6.61 Å². The summed E-state index contributed by atoms with van der Waals surface area (Å²) in [6, 6.07) is 0. The fourth-order valence-electron chi connectivity index (χ4n) is 3.44. The number of unbranched alkanes of at least 4 members (excludes halogenated alkanes) is 2. The summed E-state index contributed by atoms with van der Waals surface area (Å²) in [5.41, 5.74) is 0. The van der Waals surface area contributed by atoms with Crippen LogP contribution in [0.3, 0.4) is 0 Å². The van der Waals surface area contributed by atoms with Gasteiger partial charge in [0, 0.05) is 6.61 Å². The minimum Gasteiger partial charge on any atom is -0.372 e. The standard InChI is InChI=1S/C17H30O6/c1-6-7-8-9-18-13-12(11-10-19-16(2,3)21-11)20-15-14(13)22-17(4,5)23-15/h11-15H,6-10H2,1-5H3/t11-,12+,13-,14+,15-/m0/s1. The molecule has 23 heavy (non-hydrogen) atoms. The Labute approximate surface area is 138 Å². The van der Waals surface area contributed by atoms with Crippen LogP contribution in [0, 0.1) is 0 Å². The Morgan fingerprint density at radius 3 is 2.39 bits per heavy atom. The van der Waals surface area contributed by atoms with Crippen molar-refractivity contribution in [2.45, 2.75) is 96.2 Å². The van der Waals surface area contributed by atoms with E-state index >= 15 is 0 Å². The lowest BCUT2D eigenvalue weighted by molar-refractivity contribution is -0.236. The van der Waals surface area contributed by atoms with Gasteiger partial charge in [0.15, 0.2) is 17.9 Å². The third kappa shape index (κ3) is 3.89. The van der Waals surface area contributed by atoms with Gasteiger partial charge in [-0.2, -0.15) is 0 Å². The van der Waals surface area contributed by atoms with Crippen LogP contribution in [0.5, 0.6) is 0 Å². The van der Waals surface area contributed by atoms with Crippen LogP contribution in [0.1, 0.15) is 53.9 Å². The smallest absolute Gasteiger partial charge is 0.190 e. The minimum absolute atomic E-state index is 0.165. The van der Waals surface area contributed by atoms with E-state index in [1.807, 2.05) is 27.7 Å². The first-order valence-electron chi connectivity index (χ1n) is 8.76. The molecule has 3 heterocycles. The quantitative estimate of drug-likeness (QED) is 0.698. The summed E-state index contributed by atoms with van der Waals surface area (Å²) in [6.07, 6.45) is 2.15. The van der Waals surface area contributed by atoms with Crippen molar-refractivity contribution >= 4 is 0 Å². The molecule has 0 radical (unpaired) electrons. The molecule has 0 saturated carbocycles. The van der Waals surface area contributed by atoms with Crippen LogP contribution >= 0.6 is 0 Å². The maximum absolute atomic E-state index is 6.14. The van der Waals surface area contributed by atoms with Crippen LogP contribution < -0.4 is 0 Å². The predicted octanol–water partition coefficient (Wildman–Crippen LogP) is 2.59. The molecule has 3 aliphatic heterocycles. The van der Waals surface area contributed by atoms with E-state index < -0.39 is 17.9 Å². The van der Waals surface area contributed by atoms with Crippen molar-refractivity contribution in [1.29, 1.82) is 0 Å². The highest BCUT2D eigenvalue weighted by atomic mass is 16.8. The average molecular weight is 330 g/mol. The molecule has 0 unspecified atom stereocenters. The molecule has 134 valence electrons. The number of hydrogen-bond acceptors (Lipinski definition) is 6. The zero-order valence-corrected chi connectivity index (χ0v) is 14.9.